The maximum atomic E-state index is 12.3. The number of ether oxygens (including phenoxy) is 2. The van der Waals surface area contributed by atoms with Gasteiger partial charge in [-0.05, 0) is 54.8 Å². The summed E-state index contributed by atoms with van der Waals surface area (Å²) in [6.07, 6.45) is 1.16. The Morgan fingerprint density at radius 1 is 1.07 bits per heavy atom. The molecule has 0 saturated carbocycles. The Labute approximate surface area is 159 Å². The minimum absolute atomic E-state index is 0.0291. The van der Waals surface area contributed by atoms with Gasteiger partial charge in [0.2, 0.25) is 5.91 Å². The number of carbonyl (C=O) groups excluding carboxylic acids is 2. The maximum absolute atomic E-state index is 12.3. The first-order valence-corrected chi connectivity index (χ1v) is 9.06. The normalized spacial score (nSPS) is 12.7. The number of aryl methyl sites for hydroxylation is 1. The largest absolute Gasteiger partial charge is 0.494 e. The van der Waals surface area contributed by atoms with E-state index in [-0.39, 0.29) is 18.4 Å². The number of amides is 2. The molecule has 0 unspecified atom stereocenters. The second kappa shape index (κ2) is 8.58. The fourth-order valence-corrected chi connectivity index (χ4v) is 2.92. The van der Waals surface area contributed by atoms with Crippen LogP contribution >= 0.6 is 0 Å². The Balaban J connectivity index is 1.52. The first kappa shape index (κ1) is 18.8. The molecule has 6 heteroatoms. The highest BCUT2D eigenvalue weighted by Crippen LogP contribution is 2.26. The average Bonchev–Trinajstić information content (AvgIpc) is 2.67. The fourth-order valence-electron chi connectivity index (χ4n) is 2.92. The second-order valence-electron chi connectivity index (χ2n) is 6.48. The molecule has 1 N–H and O–H groups in total. The molecule has 0 aliphatic carbocycles. The zero-order valence-corrected chi connectivity index (χ0v) is 15.7. The lowest BCUT2D eigenvalue weighted by Gasteiger charge is -2.19. The molecule has 27 heavy (non-hydrogen) atoms. The SMILES string of the molecule is CCOc1ccc(CN(C)C(=O)COc2ccc3c(c2)CCC(=O)N3)cc1. The highest BCUT2D eigenvalue weighted by Gasteiger charge is 2.16. The van der Waals surface area contributed by atoms with Crippen molar-refractivity contribution in [2.24, 2.45) is 0 Å². The molecule has 0 saturated heterocycles. The van der Waals surface area contributed by atoms with Gasteiger partial charge in [-0.2, -0.15) is 0 Å². The highest BCUT2D eigenvalue weighted by molar-refractivity contribution is 5.94. The zero-order valence-electron chi connectivity index (χ0n) is 15.7. The minimum atomic E-state index is -0.102. The predicted molar refractivity (Wildman–Crippen MR) is 103 cm³/mol. The van der Waals surface area contributed by atoms with Gasteiger partial charge in [-0.1, -0.05) is 12.1 Å². The number of likely N-dealkylation sites (N-methyl/N-ethyl adjacent to an activating group) is 1. The van der Waals surface area contributed by atoms with Crippen molar-refractivity contribution in [2.75, 3.05) is 25.6 Å². The summed E-state index contributed by atoms with van der Waals surface area (Å²) in [5.41, 5.74) is 2.87. The van der Waals surface area contributed by atoms with E-state index in [4.69, 9.17) is 9.47 Å². The highest BCUT2D eigenvalue weighted by atomic mass is 16.5. The smallest absolute Gasteiger partial charge is 0.260 e. The first-order chi connectivity index (χ1) is 13.0. The number of carbonyl (C=O) groups is 2. The quantitative estimate of drug-likeness (QED) is 0.816. The van der Waals surface area contributed by atoms with Crippen LogP contribution in [0.4, 0.5) is 5.69 Å². The van der Waals surface area contributed by atoms with Gasteiger partial charge in [0.1, 0.15) is 11.5 Å². The fraction of sp³-hybridized carbons (Fsp3) is 0.333. The Morgan fingerprint density at radius 2 is 1.81 bits per heavy atom. The van der Waals surface area contributed by atoms with Crippen molar-refractivity contribution in [3.8, 4) is 11.5 Å². The van der Waals surface area contributed by atoms with Gasteiger partial charge in [0, 0.05) is 25.7 Å². The average molecular weight is 368 g/mol. The van der Waals surface area contributed by atoms with Crippen LogP contribution in [0, 0.1) is 0 Å². The topological polar surface area (TPSA) is 67.9 Å². The van der Waals surface area contributed by atoms with E-state index in [1.165, 1.54) is 0 Å². The summed E-state index contributed by atoms with van der Waals surface area (Å²) >= 11 is 0. The number of nitrogens with zero attached hydrogens (tertiary/aromatic N) is 1. The molecule has 6 nitrogen and oxygen atoms in total. The summed E-state index contributed by atoms with van der Waals surface area (Å²) in [6, 6.07) is 13.2. The van der Waals surface area contributed by atoms with Gasteiger partial charge in [0.25, 0.3) is 5.91 Å². The molecule has 0 bridgehead atoms. The molecule has 3 rings (SSSR count). The van der Waals surface area contributed by atoms with Crippen LogP contribution in [-0.4, -0.2) is 37.0 Å². The van der Waals surface area contributed by atoms with E-state index in [1.54, 1.807) is 18.0 Å². The standard InChI is InChI=1S/C21H24N2O4/c1-3-26-17-7-4-15(5-8-17)13-23(2)21(25)14-27-18-9-10-19-16(12-18)6-11-20(24)22-19/h4-5,7-10,12H,3,6,11,13-14H2,1-2H3,(H,22,24). The number of anilines is 1. The zero-order chi connectivity index (χ0) is 19.2. The molecular formula is C21H24N2O4. The molecule has 0 aromatic heterocycles. The maximum Gasteiger partial charge on any atom is 0.260 e. The van der Waals surface area contributed by atoms with Gasteiger partial charge in [0.15, 0.2) is 6.61 Å². The van der Waals surface area contributed by atoms with Crippen LogP contribution in [0.5, 0.6) is 11.5 Å². The summed E-state index contributed by atoms with van der Waals surface area (Å²) in [5, 5.41) is 2.83. The number of rotatable bonds is 7. The molecule has 2 amide bonds. The number of hydrogen-bond acceptors (Lipinski definition) is 4. The van der Waals surface area contributed by atoms with Crippen LogP contribution in [0.1, 0.15) is 24.5 Å². The summed E-state index contributed by atoms with van der Waals surface area (Å²) in [4.78, 5) is 25.4. The van der Waals surface area contributed by atoms with E-state index in [9.17, 15) is 9.59 Å². The van der Waals surface area contributed by atoms with Crippen molar-refractivity contribution in [3.05, 3.63) is 53.6 Å². The number of benzene rings is 2. The molecule has 1 aliphatic rings. The van der Waals surface area contributed by atoms with Crippen molar-refractivity contribution >= 4 is 17.5 Å². The van der Waals surface area contributed by atoms with E-state index in [0.29, 0.717) is 31.7 Å². The van der Waals surface area contributed by atoms with Crippen LogP contribution in [0.15, 0.2) is 42.5 Å². The van der Waals surface area contributed by atoms with Gasteiger partial charge in [0.05, 0.1) is 6.61 Å². The second-order valence-corrected chi connectivity index (χ2v) is 6.48. The number of nitrogens with one attached hydrogen (secondary N) is 1. The molecule has 1 aliphatic heterocycles. The lowest BCUT2D eigenvalue weighted by molar-refractivity contribution is -0.132. The van der Waals surface area contributed by atoms with Crippen molar-refractivity contribution < 1.29 is 19.1 Å². The number of fused-ring (bicyclic) bond motifs is 1. The first-order valence-electron chi connectivity index (χ1n) is 9.06. The lowest BCUT2D eigenvalue weighted by Crippen LogP contribution is -2.31. The monoisotopic (exact) mass is 368 g/mol. The van der Waals surface area contributed by atoms with E-state index in [1.807, 2.05) is 43.3 Å². The van der Waals surface area contributed by atoms with Crippen LogP contribution in [0.25, 0.3) is 0 Å². The van der Waals surface area contributed by atoms with Gasteiger partial charge in [-0.3, -0.25) is 9.59 Å². The van der Waals surface area contributed by atoms with E-state index in [2.05, 4.69) is 5.32 Å². The van der Waals surface area contributed by atoms with Crippen molar-refractivity contribution in [3.63, 3.8) is 0 Å². The van der Waals surface area contributed by atoms with Crippen LogP contribution in [0.3, 0.4) is 0 Å². The lowest BCUT2D eigenvalue weighted by atomic mass is 10.0. The van der Waals surface area contributed by atoms with Crippen LogP contribution in [-0.2, 0) is 22.6 Å². The third kappa shape index (κ3) is 5.00. The Morgan fingerprint density at radius 3 is 2.56 bits per heavy atom. The minimum Gasteiger partial charge on any atom is -0.494 e. The van der Waals surface area contributed by atoms with Crippen LogP contribution < -0.4 is 14.8 Å². The van der Waals surface area contributed by atoms with E-state index >= 15 is 0 Å². The summed E-state index contributed by atoms with van der Waals surface area (Å²) in [6.45, 7) is 3.05. The number of hydrogen-bond donors (Lipinski definition) is 1. The molecule has 142 valence electrons. The molecule has 2 aromatic rings. The summed E-state index contributed by atoms with van der Waals surface area (Å²) in [7, 11) is 1.75. The van der Waals surface area contributed by atoms with Crippen molar-refractivity contribution in [1.29, 1.82) is 0 Å². The summed E-state index contributed by atoms with van der Waals surface area (Å²) in [5.74, 6) is 1.38. The predicted octanol–water partition coefficient (Wildman–Crippen LogP) is 3.01. The van der Waals surface area contributed by atoms with Gasteiger partial charge >= 0.3 is 0 Å². The summed E-state index contributed by atoms with van der Waals surface area (Å²) < 4.78 is 11.1. The molecule has 0 atom stereocenters. The van der Waals surface area contributed by atoms with Crippen molar-refractivity contribution in [2.45, 2.75) is 26.3 Å². The van der Waals surface area contributed by atoms with E-state index < -0.39 is 0 Å². The third-order valence-corrected chi connectivity index (χ3v) is 4.41. The third-order valence-electron chi connectivity index (χ3n) is 4.41. The molecule has 0 spiro atoms. The van der Waals surface area contributed by atoms with E-state index in [0.717, 1.165) is 22.6 Å². The molecule has 1 heterocycles. The molecule has 0 fully saturated rings. The molecule has 0 radical (unpaired) electrons. The Hall–Kier alpha value is -3.02. The molecule has 2 aromatic carbocycles. The van der Waals surface area contributed by atoms with Gasteiger partial charge in [-0.25, -0.2) is 0 Å². The molecular weight excluding hydrogens is 344 g/mol. The van der Waals surface area contributed by atoms with Crippen molar-refractivity contribution in [1.82, 2.24) is 4.90 Å². The Bertz CT molecular complexity index is 817. The van der Waals surface area contributed by atoms with Crippen LogP contribution in [0.2, 0.25) is 0 Å². The Kier molecular flexibility index (Phi) is 5.96. The van der Waals surface area contributed by atoms with Gasteiger partial charge < -0.3 is 19.7 Å². The van der Waals surface area contributed by atoms with Gasteiger partial charge in [-0.15, -0.1) is 0 Å².